The summed E-state index contributed by atoms with van der Waals surface area (Å²) in [5.74, 6) is -0.493. The maximum absolute atomic E-state index is 12.8. The Morgan fingerprint density at radius 1 is 1.33 bits per heavy atom. The first-order valence-electron chi connectivity index (χ1n) is 3.17. The van der Waals surface area contributed by atoms with Gasteiger partial charge in [-0.2, -0.15) is 0 Å². The van der Waals surface area contributed by atoms with Gasteiger partial charge in [0, 0.05) is 0 Å². The van der Waals surface area contributed by atoms with Crippen molar-refractivity contribution in [2.75, 3.05) is 0 Å². The van der Waals surface area contributed by atoms with E-state index >= 15 is 0 Å². The Morgan fingerprint density at radius 2 is 2.08 bits per heavy atom. The summed E-state index contributed by atoms with van der Waals surface area (Å²) in [6.45, 7) is 0. The van der Waals surface area contributed by atoms with E-state index in [1.807, 2.05) is 0 Å². The number of aromatic amines is 1. The summed E-state index contributed by atoms with van der Waals surface area (Å²) in [6.07, 6.45) is 0. The lowest BCUT2D eigenvalue weighted by Crippen LogP contribution is -1.77. The van der Waals surface area contributed by atoms with Crippen LogP contribution in [-0.4, -0.2) is 9.97 Å². The normalized spacial score (nSPS) is 10.9. The van der Waals surface area contributed by atoms with Gasteiger partial charge in [0.25, 0.3) is 0 Å². The number of H-pyrrole nitrogens is 1. The van der Waals surface area contributed by atoms with Gasteiger partial charge in [-0.15, -0.1) is 0 Å². The number of rotatable bonds is 0. The van der Waals surface area contributed by atoms with Crippen molar-refractivity contribution >= 4 is 34.2 Å². The number of fused-ring (bicyclic) bond motifs is 1. The molecule has 0 amide bonds. The van der Waals surface area contributed by atoms with Gasteiger partial charge < -0.3 is 4.98 Å². The first-order valence-corrected chi connectivity index (χ1v) is 3.93. The Hall–Kier alpha value is -0.800. The minimum absolute atomic E-state index is 0.00403. The molecule has 0 saturated carbocycles. The van der Waals surface area contributed by atoms with E-state index in [1.165, 1.54) is 12.1 Å². The van der Waals surface area contributed by atoms with Gasteiger partial charge in [0.05, 0.1) is 5.52 Å². The third kappa shape index (κ3) is 1.06. The van der Waals surface area contributed by atoms with E-state index in [2.05, 4.69) is 9.97 Å². The second-order valence-corrected chi connectivity index (χ2v) is 3.02. The van der Waals surface area contributed by atoms with Crippen LogP contribution in [0.3, 0.4) is 0 Å². The topological polar surface area (TPSA) is 28.7 Å². The number of aromatic nitrogens is 2. The number of imidazole rings is 1. The highest BCUT2D eigenvalue weighted by atomic mass is 35.5. The molecule has 12 heavy (non-hydrogen) atoms. The van der Waals surface area contributed by atoms with Crippen molar-refractivity contribution in [1.82, 2.24) is 9.97 Å². The van der Waals surface area contributed by atoms with Gasteiger partial charge in [-0.05, 0) is 23.7 Å². The summed E-state index contributed by atoms with van der Waals surface area (Å²) in [5, 5.41) is 0.202. The van der Waals surface area contributed by atoms with Crippen LogP contribution in [0.1, 0.15) is 0 Å². The summed E-state index contributed by atoms with van der Waals surface area (Å²) in [5.41, 5.74) is 0.994. The van der Waals surface area contributed by atoms with Crippen molar-refractivity contribution in [3.8, 4) is 0 Å². The van der Waals surface area contributed by atoms with Gasteiger partial charge in [-0.1, -0.05) is 11.6 Å². The average molecular weight is 205 g/mol. The maximum atomic E-state index is 12.8. The van der Waals surface area contributed by atoms with Crippen LogP contribution in [0.5, 0.6) is 0 Å². The third-order valence-electron chi connectivity index (χ3n) is 1.52. The second kappa shape index (κ2) is 2.61. The van der Waals surface area contributed by atoms with Gasteiger partial charge in [0.2, 0.25) is 5.28 Å². The summed E-state index contributed by atoms with van der Waals surface area (Å²) in [7, 11) is 0. The predicted octanol–water partition coefficient (Wildman–Crippen LogP) is 3.01. The van der Waals surface area contributed by atoms with Gasteiger partial charge in [0.1, 0.15) is 16.4 Å². The fourth-order valence-corrected chi connectivity index (χ4v) is 1.38. The number of benzene rings is 1. The van der Waals surface area contributed by atoms with Crippen LogP contribution in [0.15, 0.2) is 12.1 Å². The number of nitrogens with one attached hydrogen (secondary N) is 1. The van der Waals surface area contributed by atoms with Crippen LogP contribution in [0.4, 0.5) is 4.39 Å². The lowest BCUT2D eigenvalue weighted by molar-refractivity contribution is 0.630. The number of halogens is 3. The standard InChI is InChI=1S/C7H3Cl2FN2/c8-5-3(10)1-2-4-6(5)12-7(9)11-4/h1-2H,(H,11,12). The fourth-order valence-electron chi connectivity index (χ4n) is 0.987. The Labute approximate surface area is 77.3 Å². The first kappa shape index (κ1) is 7.83. The molecule has 0 saturated heterocycles. The molecule has 62 valence electrons. The molecule has 0 aliphatic carbocycles. The van der Waals surface area contributed by atoms with Gasteiger partial charge >= 0.3 is 0 Å². The predicted molar refractivity (Wildman–Crippen MR) is 46.1 cm³/mol. The van der Waals surface area contributed by atoms with Gasteiger partial charge in [0.15, 0.2) is 0 Å². The monoisotopic (exact) mass is 204 g/mol. The second-order valence-electron chi connectivity index (χ2n) is 2.29. The van der Waals surface area contributed by atoms with Crippen molar-refractivity contribution in [1.29, 1.82) is 0 Å². The van der Waals surface area contributed by atoms with Crippen molar-refractivity contribution < 1.29 is 4.39 Å². The van der Waals surface area contributed by atoms with E-state index in [1.54, 1.807) is 0 Å². The lowest BCUT2D eigenvalue weighted by Gasteiger charge is -1.92. The zero-order chi connectivity index (χ0) is 8.72. The number of hydrogen-bond acceptors (Lipinski definition) is 1. The lowest BCUT2D eigenvalue weighted by atomic mass is 10.3. The molecule has 2 nitrogen and oxygen atoms in total. The molecule has 0 unspecified atom stereocenters. The van der Waals surface area contributed by atoms with Crippen LogP contribution < -0.4 is 0 Å². The fraction of sp³-hybridized carbons (Fsp3) is 0. The van der Waals surface area contributed by atoms with Gasteiger partial charge in [-0.3, -0.25) is 0 Å². The van der Waals surface area contributed by atoms with Crippen LogP contribution in [-0.2, 0) is 0 Å². The maximum Gasteiger partial charge on any atom is 0.201 e. The Bertz CT molecular complexity index is 438. The zero-order valence-electron chi connectivity index (χ0n) is 5.74. The third-order valence-corrected chi connectivity index (χ3v) is 2.06. The molecule has 1 aromatic carbocycles. The van der Waals surface area contributed by atoms with E-state index in [0.717, 1.165) is 0 Å². The highest BCUT2D eigenvalue weighted by Gasteiger charge is 2.08. The number of nitrogens with zero attached hydrogens (tertiary/aromatic N) is 1. The van der Waals surface area contributed by atoms with Crippen molar-refractivity contribution in [2.45, 2.75) is 0 Å². The molecule has 0 atom stereocenters. The van der Waals surface area contributed by atoms with Crippen LogP contribution >= 0.6 is 23.2 Å². The molecule has 1 N–H and O–H groups in total. The van der Waals surface area contributed by atoms with E-state index in [0.29, 0.717) is 11.0 Å². The molecule has 0 aliphatic heterocycles. The van der Waals surface area contributed by atoms with Crippen LogP contribution in [0.25, 0.3) is 11.0 Å². The van der Waals surface area contributed by atoms with Crippen molar-refractivity contribution in [3.63, 3.8) is 0 Å². The molecule has 1 heterocycles. The largest absolute Gasteiger partial charge is 0.329 e. The smallest absolute Gasteiger partial charge is 0.201 e. The molecule has 0 aliphatic rings. The van der Waals surface area contributed by atoms with Gasteiger partial charge in [-0.25, -0.2) is 9.37 Å². The molecular weight excluding hydrogens is 202 g/mol. The number of hydrogen-bond donors (Lipinski definition) is 1. The Balaban J connectivity index is 2.89. The van der Waals surface area contributed by atoms with E-state index < -0.39 is 5.82 Å². The van der Waals surface area contributed by atoms with E-state index in [-0.39, 0.29) is 10.3 Å². The SMILES string of the molecule is Fc1ccc2[nH]c(Cl)nc2c1Cl. The first-order chi connectivity index (χ1) is 5.68. The summed E-state index contributed by atoms with van der Waals surface area (Å²) in [6, 6.07) is 2.80. The van der Waals surface area contributed by atoms with Crippen molar-refractivity contribution in [2.24, 2.45) is 0 Å². The van der Waals surface area contributed by atoms with Crippen molar-refractivity contribution in [3.05, 3.63) is 28.3 Å². The molecule has 0 bridgehead atoms. The summed E-state index contributed by atoms with van der Waals surface area (Å²) < 4.78 is 12.8. The average Bonchev–Trinajstić information content (AvgIpc) is 2.39. The molecule has 0 fully saturated rings. The van der Waals surface area contributed by atoms with E-state index in [9.17, 15) is 4.39 Å². The molecule has 0 spiro atoms. The highest BCUT2D eigenvalue weighted by Crippen LogP contribution is 2.25. The molecule has 0 radical (unpaired) electrons. The zero-order valence-corrected chi connectivity index (χ0v) is 7.25. The highest BCUT2D eigenvalue weighted by molar-refractivity contribution is 6.35. The molecule has 2 aromatic rings. The van der Waals surface area contributed by atoms with Crippen LogP contribution in [0.2, 0.25) is 10.3 Å². The molecule has 1 aromatic heterocycles. The minimum Gasteiger partial charge on any atom is -0.329 e. The molecule has 2 rings (SSSR count). The molecule has 5 heteroatoms. The van der Waals surface area contributed by atoms with E-state index in [4.69, 9.17) is 23.2 Å². The Kier molecular flexibility index (Phi) is 1.70. The minimum atomic E-state index is -0.493. The summed E-state index contributed by atoms with van der Waals surface area (Å²) >= 11 is 11.2. The molecular formula is C7H3Cl2FN2. The Morgan fingerprint density at radius 3 is 2.83 bits per heavy atom. The van der Waals surface area contributed by atoms with Crippen LogP contribution in [0, 0.1) is 5.82 Å². The quantitative estimate of drug-likeness (QED) is 0.703. The summed E-state index contributed by atoms with van der Waals surface area (Å²) in [4.78, 5) is 6.54.